The van der Waals surface area contributed by atoms with Gasteiger partial charge in [-0.2, -0.15) is 0 Å². The number of carbonyl (C=O) groups excluding carboxylic acids is 1. The van der Waals surface area contributed by atoms with Gasteiger partial charge in [-0.25, -0.2) is 18.4 Å². The molecule has 5 nitrogen and oxygen atoms in total. The molecule has 8 heteroatoms. The van der Waals surface area contributed by atoms with E-state index >= 15 is 0 Å². The van der Waals surface area contributed by atoms with Crippen molar-refractivity contribution < 1.29 is 28.2 Å². The molecule has 2 N–H and O–H groups in total. The first-order valence-corrected chi connectivity index (χ1v) is 5.05. The van der Waals surface area contributed by atoms with Gasteiger partial charge in [0.2, 0.25) is 0 Å². The van der Waals surface area contributed by atoms with Crippen molar-refractivity contribution in [3.05, 3.63) is 35.4 Å². The molecule has 1 aromatic rings. The molecule has 0 bridgehead atoms. The number of halogens is 3. The number of amides is 1. The lowest BCUT2D eigenvalue weighted by Gasteiger charge is -2.32. The minimum Gasteiger partial charge on any atom is -0.478 e. The Labute approximate surface area is 113 Å². The minimum absolute atomic E-state index is 0. The lowest BCUT2D eigenvalue weighted by molar-refractivity contribution is -0.104. The Morgan fingerprint density at radius 2 is 2.05 bits per heavy atom. The molecule has 1 fully saturated rings. The fourth-order valence-corrected chi connectivity index (χ4v) is 1.76. The van der Waals surface area contributed by atoms with Crippen LogP contribution in [0.1, 0.15) is 22.0 Å². The molecule has 0 spiro atoms. The van der Waals surface area contributed by atoms with Gasteiger partial charge >= 0.3 is 18.0 Å². The van der Waals surface area contributed by atoms with Crippen LogP contribution in [0.5, 0.6) is 0 Å². The summed E-state index contributed by atoms with van der Waals surface area (Å²) < 4.78 is 31.5. The molecule has 1 heterocycles. The molecule has 2 rings (SSSR count). The molecular formula is C11H10ClF2NO4. The van der Waals surface area contributed by atoms with E-state index in [0.717, 1.165) is 0 Å². The van der Waals surface area contributed by atoms with Crippen molar-refractivity contribution in [3.8, 4) is 0 Å². The molecule has 1 saturated heterocycles. The van der Waals surface area contributed by atoms with Crippen LogP contribution < -0.4 is 5.32 Å². The molecule has 0 radical (unpaired) electrons. The number of carboxylic acids is 1. The van der Waals surface area contributed by atoms with Crippen molar-refractivity contribution in [1.82, 2.24) is 5.32 Å². The number of aromatic carboxylic acids is 1. The predicted molar refractivity (Wildman–Crippen MR) is 62.8 cm³/mol. The third-order valence-corrected chi connectivity index (χ3v) is 2.58. The summed E-state index contributed by atoms with van der Waals surface area (Å²) in [6, 6.07) is 3.60. The molecule has 104 valence electrons. The number of ether oxygens (including phenoxy) is 1. The second-order valence-corrected chi connectivity index (χ2v) is 3.81. The first-order valence-electron chi connectivity index (χ1n) is 5.05. The number of hydrogen-bond donors (Lipinski definition) is 2. The summed E-state index contributed by atoms with van der Waals surface area (Å²) in [5, 5.41) is 10.9. The summed E-state index contributed by atoms with van der Waals surface area (Å²) >= 11 is 0. The largest absolute Gasteiger partial charge is 0.478 e. The van der Waals surface area contributed by atoms with E-state index in [0.29, 0.717) is 0 Å². The first kappa shape index (κ1) is 15.2. The molecule has 0 saturated carbocycles. The average Bonchev–Trinajstić information content (AvgIpc) is 2.32. The van der Waals surface area contributed by atoms with E-state index in [2.05, 4.69) is 4.74 Å². The van der Waals surface area contributed by atoms with Gasteiger partial charge in [0.15, 0.2) is 6.61 Å². The highest BCUT2D eigenvalue weighted by Gasteiger charge is 2.47. The summed E-state index contributed by atoms with van der Waals surface area (Å²) in [6.07, 6.45) is -0.994. The summed E-state index contributed by atoms with van der Waals surface area (Å²) in [6.45, 7) is -1.07. The maximum Gasteiger partial charge on any atom is 0.408 e. The number of benzene rings is 1. The van der Waals surface area contributed by atoms with Crippen LogP contribution in [0.3, 0.4) is 0 Å². The number of rotatable bonds is 2. The number of alkyl carbamates (subject to hydrolysis) is 1. The second-order valence-electron chi connectivity index (χ2n) is 3.81. The van der Waals surface area contributed by atoms with E-state index in [4.69, 9.17) is 5.11 Å². The van der Waals surface area contributed by atoms with E-state index in [1.54, 1.807) is 0 Å². The molecular weight excluding hydrogens is 284 g/mol. The summed E-state index contributed by atoms with van der Waals surface area (Å²) in [5.41, 5.74) is -0.420. The van der Waals surface area contributed by atoms with Gasteiger partial charge in [-0.15, -0.1) is 12.4 Å². The quantitative estimate of drug-likeness (QED) is 0.876. The number of carboxylic acid groups (broad SMARTS) is 1. The van der Waals surface area contributed by atoms with Gasteiger partial charge in [-0.1, -0.05) is 18.2 Å². The van der Waals surface area contributed by atoms with Gasteiger partial charge in [-0.3, -0.25) is 0 Å². The highest BCUT2D eigenvalue weighted by atomic mass is 35.5. The van der Waals surface area contributed by atoms with Crippen LogP contribution in [0.15, 0.2) is 24.3 Å². The number of cyclic esters (lactones) is 1. The van der Waals surface area contributed by atoms with Gasteiger partial charge < -0.3 is 15.2 Å². The Hall–Kier alpha value is -1.89. The SMILES string of the molecule is Cl.O=C1N[C@H](c2ccccc2C(=O)O)C(F)(F)CO1. The van der Waals surface area contributed by atoms with E-state index in [1.165, 1.54) is 24.3 Å². The predicted octanol–water partition coefficient (Wildman–Crippen LogP) is 2.22. The Morgan fingerprint density at radius 1 is 1.42 bits per heavy atom. The lowest BCUT2D eigenvalue weighted by Crippen LogP contribution is -2.50. The number of nitrogens with one attached hydrogen (secondary N) is 1. The average molecular weight is 294 g/mol. The Balaban J connectivity index is 0.00000180. The minimum atomic E-state index is -3.36. The third-order valence-electron chi connectivity index (χ3n) is 2.58. The van der Waals surface area contributed by atoms with Crippen molar-refractivity contribution in [2.45, 2.75) is 12.0 Å². The monoisotopic (exact) mass is 293 g/mol. The second kappa shape index (κ2) is 5.40. The van der Waals surface area contributed by atoms with Gasteiger partial charge in [-0.05, 0) is 11.6 Å². The summed E-state index contributed by atoms with van der Waals surface area (Å²) in [5.74, 6) is -4.69. The van der Waals surface area contributed by atoms with E-state index in [9.17, 15) is 18.4 Å². The Kier molecular flexibility index (Phi) is 4.31. The van der Waals surface area contributed by atoms with Crippen LogP contribution in [0.2, 0.25) is 0 Å². The number of alkyl halides is 2. The third kappa shape index (κ3) is 2.93. The van der Waals surface area contributed by atoms with Crippen molar-refractivity contribution in [2.24, 2.45) is 0 Å². The van der Waals surface area contributed by atoms with Gasteiger partial charge in [0.1, 0.15) is 6.04 Å². The van der Waals surface area contributed by atoms with Gasteiger partial charge in [0.25, 0.3) is 0 Å². The summed E-state index contributed by atoms with van der Waals surface area (Å²) in [4.78, 5) is 22.0. The molecule has 19 heavy (non-hydrogen) atoms. The van der Waals surface area contributed by atoms with E-state index < -0.39 is 30.6 Å². The fourth-order valence-electron chi connectivity index (χ4n) is 1.76. The Morgan fingerprint density at radius 3 is 2.68 bits per heavy atom. The normalized spacial score (nSPS) is 20.7. The molecule has 1 aliphatic heterocycles. The van der Waals surface area contributed by atoms with Crippen LogP contribution in [-0.2, 0) is 4.74 Å². The fraction of sp³-hybridized carbons (Fsp3) is 0.273. The highest BCUT2D eigenvalue weighted by Crippen LogP contribution is 2.35. The van der Waals surface area contributed by atoms with Crippen molar-refractivity contribution in [3.63, 3.8) is 0 Å². The molecule has 1 aliphatic rings. The van der Waals surface area contributed by atoms with Crippen LogP contribution in [0, 0.1) is 0 Å². The van der Waals surface area contributed by atoms with Crippen molar-refractivity contribution in [2.75, 3.05) is 6.61 Å². The zero-order valence-corrected chi connectivity index (χ0v) is 10.2. The van der Waals surface area contributed by atoms with Crippen LogP contribution in [0.25, 0.3) is 0 Å². The maximum absolute atomic E-state index is 13.6. The topological polar surface area (TPSA) is 75.6 Å². The van der Waals surface area contributed by atoms with Gasteiger partial charge in [0, 0.05) is 0 Å². The lowest BCUT2D eigenvalue weighted by atomic mass is 9.95. The number of carbonyl (C=O) groups is 2. The van der Waals surface area contributed by atoms with Crippen molar-refractivity contribution >= 4 is 24.5 Å². The Bertz CT molecular complexity index is 509. The highest BCUT2D eigenvalue weighted by molar-refractivity contribution is 5.90. The van der Waals surface area contributed by atoms with Crippen LogP contribution in [0.4, 0.5) is 13.6 Å². The zero-order valence-electron chi connectivity index (χ0n) is 9.43. The molecule has 0 aliphatic carbocycles. The first-order chi connectivity index (χ1) is 8.42. The van der Waals surface area contributed by atoms with Crippen molar-refractivity contribution in [1.29, 1.82) is 0 Å². The number of hydrogen-bond acceptors (Lipinski definition) is 3. The maximum atomic E-state index is 13.6. The summed E-state index contributed by atoms with van der Waals surface area (Å²) in [7, 11) is 0. The van der Waals surface area contributed by atoms with Gasteiger partial charge in [0.05, 0.1) is 5.56 Å². The smallest absolute Gasteiger partial charge is 0.408 e. The standard InChI is InChI=1S/C11H9F2NO4.ClH/c12-11(13)5-18-10(17)14-8(11)6-3-1-2-4-7(6)9(15)16;/h1-4,8H,5H2,(H,14,17)(H,15,16);1H/t8-;/m1./s1. The molecule has 1 amide bonds. The van der Waals surface area contributed by atoms with E-state index in [1.807, 2.05) is 5.32 Å². The molecule has 0 aromatic heterocycles. The van der Waals surface area contributed by atoms with E-state index in [-0.39, 0.29) is 23.5 Å². The van der Waals surface area contributed by atoms with Crippen LogP contribution in [-0.4, -0.2) is 29.7 Å². The molecule has 1 atom stereocenters. The zero-order chi connectivity index (χ0) is 13.3. The molecule has 1 aromatic carbocycles. The molecule has 0 unspecified atom stereocenters. The van der Waals surface area contributed by atoms with Crippen LogP contribution >= 0.6 is 12.4 Å².